The predicted molar refractivity (Wildman–Crippen MR) is 62.9 cm³/mol. The van der Waals surface area contributed by atoms with Crippen LogP contribution in [0.3, 0.4) is 0 Å². The maximum Gasteiger partial charge on any atom is 0.161 e. The third-order valence-corrected chi connectivity index (χ3v) is 2.30. The van der Waals surface area contributed by atoms with E-state index in [0.717, 1.165) is 5.56 Å². The molecule has 1 aromatic rings. The van der Waals surface area contributed by atoms with E-state index in [2.05, 4.69) is 0 Å². The zero-order valence-electron chi connectivity index (χ0n) is 9.77. The summed E-state index contributed by atoms with van der Waals surface area (Å²) in [5, 5.41) is 9.27. The van der Waals surface area contributed by atoms with Gasteiger partial charge in [0.2, 0.25) is 0 Å². The van der Waals surface area contributed by atoms with Gasteiger partial charge >= 0.3 is 0 Å². The van der Waals surface area contributed by atoms with Gasteiger partial charge in [0.1, 0.15) is 0 Å². The molecule has 0 aliphatic carbocycles. The number of hydrogen-bond donors (Lipinski definition) is 2. The fourth-order valence-electron chi connectivity index (χ4n) is 1.32. The summed E-state index contributed by atoms with van der Waals surface area (Å²) in [5.74, 6) is 1.40. The SMILES string of the molecule is COc1cc(C)ccc1OCCC(O)CN. The van der Waals surface area contributed by atoms with Crippen molar-refractivity contribution >= 4 is 0 Å². The number of aliphatic hydroxyl groups excluding tert-OH is 1. The van der Waals surface area contributed by atoms with Crippen LogP contribution >= 0.6 is 0 Å². The largest absolute Gasteiger partial charge is 0.493 e. The quantitative estimate of drug-likeness (QED) is 0.760. The van der Waals surface area contributed by atoms with E-state index in [1.54, 1.807) is 7.11 Å². The van der Waals surface area contributed by atoms with Crippen LogP contribution < -0.4 is 15.2 Å². The van der Waals surface area contributed by atoms with Crippen molar-refractivity contribution in [1.82, 2.24) is 0 Å². The van der Waals surface area contributed by atoms with Gasteiger partial charge in [0.05, 0.1) is 19.8 Å². The van der Waals surface area contributed by atoms with Crippen LogP contribution in [0.15, 0.2) is 18.2 Å². The number of methoxy groups -OCH3 is 1. The molecule has 0 radical (unpaired) electrons. The first-order valence-corrected chi connectivity index (χ1v) is 5.33. The zero-order valence-corrected chi connectivity index (χ0v) is 9.77. The van der Waals surface area contributed by atoms with Gasteiger partial charge in [-0.3, -0.25) is 0 Å². The van der Waals surface area contributed by atoms with Gasteiger partial charge in [0, 0.05) is 13.0 Å². The topological polar surface area (TPSA) is 64.7 Å². The molecule has 0 bridgehead atoms. The van der Waals surface area contributed by atoms with Gasteiger partial charge in [-0.1, -0.05) is 6.07 Å². The van der Waals surface area contributed by atoms with Crippen molar-refractivity contribution in [3.8, 4) is 11.5 Å². The second kappa shape index (κ2) is 6.35. The van der Waals surface area contributed by atoms with Gasteiger partial charge < -0.3 is 20.3 Å². The molecule has 3 N–H and O–H groups in total. The molecule has 0 aromatic heterocycles. The summed E-state index contributed by atoms with van der Waals surface area (Å²) in [6.45, 7) is 2.68. The molecule has 0 saturated carbocycles. The summed E-state index contributed by atoms with van der Waals surface area (Å²) in [4.78, 5) is 0. The van der Waals surface area contributed by atoms with Crippen molar-refractivity contribution in [3.63, 3.8) is 0 Å². The second-order valence-corrected chi connectivity index (χ2v) is 3.68. The van der Waals surface area contributed by atoms with Crippen molar-refractivity contribution < 1.29 is 14.6 Å². The summed E-state index contributed by atoms with van der Waals surface area (Å²) in [5.41, 5.74) is 6.41. The highest BCUT2D eigenvalue weighted by atomic mass is 16.5. The summed E-state index contributed by atoms with van der Waals surface area (Å²) >= 11 is 0. The van der Waals surface area contributed by atoms with Crippen LogP contribution in [0.25, 0.3) is 0 Å². The molecule has 0 fully saturated rings. The average molecular weight is 225 g/mol. The van der Waals surface area contributed by atoms with Crippen molar-refractivity contribution in [2.24, 2.45) is 5.73 Å². The van der Waals surface area contributed by atoms with E-state index < -0.39 is 6.10 Å². The zero-order chi connectivity index (χ0) is 12.0. The van der Waals surface area contributed by atoms with Crippen LogP contribution in [0, 0.1) is 6.92 Å². The van der Waals surface area contributed by atoms with E-state index in [0.29, 0.717) is 24.5 Å². The minimum absolute atomic E-state index is 0.258. The third kappa shape index (κ3) is 3.72. The van der Waals surface area contributed by atoms with Crippen LogP contribution in [-0.2, 0) is 0 Å². The number of benzene rings is 1. The molecule has 90 valence electrons. The Morgan fingerprint density at radius 2 is 2.12 bits per heavy atom. The lowest BCUT2D eigenvalue weighted by atomic mass is 10.2. The van der Waals surface area contributed by atoms with Gasteiger partial charge in [-0.2, -0.15) is 0 Å². The Morgan fingerprint density at radius 3 is 2.75 bits per heavy atom. The minimum Gasteiger partial charge on any atom is -0.493 e. The third-order valence-electron chi connectivity index (χ3n) is 2.30. The van der Waals surface area contributed by atoms with Crippen LogP contribution in [0.1, 0.15) is 12.0 Å². The molecule has 0 aliphatic rings. The molecule has 1 unspecified atom stereocenters. The fourth-order valence-corrected chi connectivity index (χ4v) is 1.32. The number of rotatable bonds is 6. The predicted octanol–water partition coefficient (Wildman–Crippen LogP) is 1.09. The van der Waals surface area contributed by atoms with Crippen LogP contribution in [0.5, 0.6) is 11.5 Å². The standard InChI is InChI=1S/C12H19NO3/c1-9-3-4-11(12(7-9)15-2)16-6-5-10(14)8-13/h3-4,7,10,14H,5-6,8,13H2,1-2H3. The molecule has 16 heavy (non-hydrogen) atoms. The van der Waals surface area contributed by atoms with Gasteiger partial charge in [-0.25, -0.2) is 0 Å². The number of aliphatic hydroxyl groups is 1. The average Bonchev–Trinajstić information content (AvgIpc) is 2.30. The van der Waals surface area contributed by atoms with E-state index in [9.17, 15) is 5.11 Å². The highest BCUT2D eigenvalue weighted by Crippen LogP contribution is 2.27. The van der Waals surface area contributed by atoms with E-state index in [4.69, 9.17) is 15.2 Å². The molecule has 4 nitrogen and oxygen atoms in total. The first-order valence-electron chi connectivity index (χ1n) is 5.33. The molecule has 0 spiro atoms. The maximum absolute atomic E-state index is 9.27. The van der Waals surface area contributed by atoms with E-state index in [1.165, 1.54) is 0 Å². The lowest BCUT2D eigenvalue weighted by molar-refractivity contribution is 0.145. The Hall–Kier alpha value is -1.26. The molecule has 1 rings (SSSR count). The number of aryl methyl sites for hydroxylation is 1. The van der Waals surface area contributed by atoms with E-state index in [1.807, 2.05) is 25.1 Å². The van der Waals surface area contributed by atoms with Gasteiger partial charge in [-0.05, 0) is 24.6 Å². The maximum atomic E-state index is 9.27. The first kappa shape index (κ1) is 12.8. The monoisotopic (exact) mass is 225 g/mol. The van der Waals surface area contributed by atoms with Gasteiger partial charge in [0.15, 0.2) is 11.5 Å². The van der Waals surface area contributed by atoms with Gasteiger partial charge in [0.25, 0.3) is 0 Å². The Balaban J connectivity index is 2.53. The molecular formula is C12H19NO3. The van der Waals surface area contributed by atoms with Crippen LogP contribution in [0.2, 0.25) is 0 Å². The molecule has 0 aliphatic heterocycles. The Bertz CT molecular complexity index is 328. The smallest absolute Gasteiger partial charge is 0.161 e. The number of ether oxygens (including phenoxy) is 2. The molecule has 1 aromatic carbocycles. The second-order valence-electron chi connectivity index (χ2n) is 3.68. The van der Waals surface area contributed by atoms with Crippen molar-refractivity contribution in [3.05, 3.63) is 23.8 Å². The first-order chi connectivity index (χ1) is 7.67. The Labute approximate surface area is 96.0 Å². The summed E-state index contributed by atoms with van der Waals surface area (Å²) in [6.07, 6.45) is 0.0181. The minimum atomic E-state index is -0.503. The van der Waals surface area contributed by atoms with E-state index in [-0.39, 0.29) is 6.54 Å². The number of hydrogen-bond acceptors (Lipinski definition) is 4. The molecule has 1 atom stereocenters. The Kier molecular flexibility index (Phi) is 5.08. The molecular weight excluding hydrogens is 206 g/mol. The van der Waals surface area contributed by atoms with E-state index >= 15 is 0 Å². The molecule has 4 heteroatoms. The fraction of sp³-hybridized carbons (Fsp3) is 0.500. The summed E-state index contributed by atoms with van der Waals surface area (Å²) in [7, 11) is 1.61. The molecule has 0 amide bonds. The van der Waals surface area contributed by atoms with Crippen molar-refractivity contribution in [1.29, 1.82) is 0 Å². The molecule has 0 heterocycles. The normalized spacial score (nSPS) is 12.2. The lowest BCUT2D eigenvalue weighted by Gasteiger charge is -2.12. The Morgan fingerprint density at radius 1 is 1.38 bits per heavy atom. The number of nitrogens with two attached hydrogens (primary N) is 1. The highest BCUT2D eigenvalue weighted by molar-refractivity contribution is 5.42. The van der Waals surface area contributed by atoms with Gasteiger partial charge in [-0.15, -0.1) is 0 Å². The molecule has 0 saturated heterocycles. The highest BCUT2D eigenvalue weighted by Gasteiger charge is 2.06. The van der Waals surface area contributed by atoms with Crippen molar-refractivity contribution in [2.45, 2.75) is 19.4 Å². The summed E-state index contributed by atoms with van der Waals surface area (Å²) in [6, 6.07) is 5.73. The lowest BCUT2D eigenvalue weighted by Crippen LogP contribution is -2.22. The van der Waals surface area contributed by atoms with Crippen LogP contribution in [-0.4, -0.2) is 31.5 Å². The van der Waals surface area contributed by atoms with Crippen molar-refractivity contribution in [2.75, 3.05) is 20.3 Å². The van der Waals surface area contributed by atoms with Crippen LogP contribution in [0.4, 0.5) is 0 Å². The summed E-state index contributed by atoms with van der Waals surface area (Å²) < 4.78 is 10.7.